The Morgan fingerprint density at radius 1 is 1.15 bits per heavy atom. The highest BCUT2D eigenvalue weighted by molar-refractivity contribution is 6.74. The first-order chi connectivity index (χ1) is 15.4. The molecular formula is C27H50O5Si. The topological polar surface area (TPSA) is 72.8 Å². The molecule has 1 aliphatic rings. The SMILES string of the molecule is CCCCC[C@H](O)/C=C/[C@H]1[C@H](O[Si](C)(C)C(C)(C)C)CC(=O)[C@@H]1CCCCCCC(=O)OC. The quantitative estimate of drug-likeness (QED) is 0.123. The second-order valence-electron chi connectivity index (χ2n) is 11.2. The molecule has 33 heavy (non-hydrogen) atoms. The molecule has 0 unspecified atom stereocenters. The number of ether oxygens (including phenoxy) is 1. The van der Waals surface area contributed by atoms with E-state index in [1.165, 1.54) is 7.11 Å². The molecule has 0 spiro atoms. The number of Topliss-reactive ketones (excluding diaryl/α,β-unsaturated/α-hetero) is 1. The summed E-state index contributed by atoms with van der Waals surface area (Å²) in [6.45, 7) is 13.3. The fourth-order valence-corrected chi connectivity index (χ4v) is 5.64. The highest BCUT2D eigenvalue weighted by Gasteiger charge is 2.46. The molecule has 0 radical (unpaired) electrons. The average Bonchev–Trinajstić information content (AvgIpc) is 3.01. The second-order valence-corrected chi connectivity index (χ2v) is 16.0. The Balaban J connectivity index is 2.80. The lowest BCUT2D eigenvalue weighted by atomic mass is 9.88. The number of rotatable bonds is 15. The van der Waals surface area contributed by atoms with Crippen molar-refractivity contribution in [3.63, 3.8) is 0 Å². The molecule has 1 saturated carbocycles. The van der Waals surface area contributed by atoms with Crippen LogP contribution in [0, 0.1) is 11.8 Å². The van der Waals surface area contributed by atoms with Gasteiger partial charge in [0.25, 0.3) is 0 Å². The van der Waals surface area contributed by atoms with Crippen molar-refractivity contribution in [2.45, 2.75) is 129 Å². The minimum Gasteiger partial charge on any atom is -0.469 e. The number of carbonyl (C=O) groups excluding carboxylic acids is 2. The zero-order chi connectivity index (χ0) is 25.1. The maximum absolute atomic E-state index is 13.0. The van der Waals surface area contributed by atoms with Gasteiger partial charge in [0.2, 0.25) is 0 Å². The van der Waals surface area contributed by atoms with Crippen molar-refractivity contribution in [1.29, 1.82) is 0 Å². The Hall–Kier alpha value is -0.983. The molecule has 0 heterocycles. The Kier molecular flexibility index (Phi) is 13.1. The maximum atomic E-state index is 13.0. The molecule has 0 amide bonds. The van der Waals surface area contributed by atoms with Gasteiger partial charge >= 0.3 is 5.97 Å². The van der Waals surface area contributed by atoms with Crippen LogP contribution in [0.3, 0.4) is 0 Å². The van der Waals surface area contributed by atoms with Crippen LogP contribution in [0.5, 0.6) is 0 Å². The van der Waals surface area contributed by atoms with Crippen LogP contribution in [-0.2, 0) is 18.8 Å². The lowest BCUT2D eigenvalue weighted by molar-refractivity contribution is -0.140. The molecule has 0 aliphatic heterocycles. The van der Waals surface area contributed by atoms with E-state index in [9.17, 15) is 14.7 Å². The van der Waals surface area contributed by atoms with Crippen LogP contribution in [0.2, 0.25) is 18.1 Å². The van der Waals surface area contributed by atoms with Gasteiger partial charge in [-0.1, -0.05) is 78.4 Å². The highest BCUT2D eigenvalue weighted by atomic mass is 28.4. The monoisotopic (exact) mass is 482 g/mol. The number of carbonyl (C=O) groups is 2. The summed E-state index contributed by atoms with van der Waals surface area (Å²) in [7, 11) is -0.587. The fraction of sp³-hybridized carbons (Fsp3) is 0.852. The third-order valence-corrected chi connectivity index (χ3v) is 12.0. The van der Waals surface area contributed by atoms with E-state index in [1.807, 2.05) is 6.08 Å². The molecule has 1 N–H and O–H groups in total. The summed E-state index contributed by atoms with van der Waals surface area (Å²) in [5.41, 5.74) is 0. The summed E-state index contributed by atoms with van der Waals surface area (Å²) >= 11 is 0. The number of hydrogen-bond acceptors (Lipinski definition) is 5. The number of aliphatic hydroxyl groups is 1. The Morgan fingerprint density at radius 3 is 2.42 bits per heavy atom. The van der Waals surface area contributed by atoms with Crippen LogP contribution < -0.4 is 0 Å². The minimum atomic E-state index is -2.01. The van der Waals surface area contributed by atoms with E-state index in [0.29, 0.717) is 18.6 Å². The zero-order valence-corrected chi connectivity index (χ0v) is 23.3. The molecule has 0 aromatic rings. The summed E-state index contributed by atoms with van der Waals surface area (Å²) in [6.07, 6.45) is 13.0. The van der Waals surface area contributed by atoms with E-state index in [4.69, 9.17) is 9.16 Å². The normalized spacial score (nSPS) is 22.8. The molecular weight excluding hydrogens is 432 g/mol. The van der Waals surface area contributed by atoms with Crippen molar-refractivity contribution >= 4 is 20.1 Å². The summed E-state index contributed by atoms with van der Waals surface area (Å²) < 4.78 is 11.4. The van der Waals surface area contributed by atoms with Gasteiger partial charge in [-0.05, 0) is 37.4 Å². The van der Waals surface area contributed by atoms with Crippen molar-refractivity contribution in [2.75, 3.05) is 7.11 Å². The lowest BCUT2D eigenvalue weighted by Gasteiger charge is -2.39. The third-order valence-electron chi connectivity index (χ3n) is 7.49. The predicted octanol–water partition coefficient (Wildman–Crippen LogP) is 6.59. The van der Waals surface area contributed by atoms with Gasteiger partial charge in [-0.3, -0.25) is 9.59 Å². The highest BCUT2D eigenvalue weighted by Crippen LogP contribution is 2.43. The number of methoxy groups -OCH3 is 1. The first-order valence-electron chi connectivity index (χ1n) is 13.1. The fourth-order valence-electron chi connectivity index (χ4n) is 4.29. The molecule has 5 nitrogen and oxygen atoms in total. The summed E-state index contributed by atoms with van der Waals surface area (Å²) in [6, 6.07) is 0. The van der Waals surface area contributed by atoms with Crippen molar-refractivity contribution in [2.24, 2.45) is 11.8 Å². The van der Waals surface area contributed by atoms with Crippen LogP contribution in [0.4, 0.5) is 0 Å². The van der Waals surface area contributed by atoms with Gasteiger partial charge in [0.05, 0.1) is 19.3 Å². The van der Waals surface area contributed by atoms with Gasteiger partial charge in [0.15, 0.2) is 8.32 Å². The van der Waals surface area contributed by atoms with Crippen molar-refractivity contribution in [3.05, 3.63) is 12.2 Å². The van der Waals surface area contributed by atoms with E-state index < -0.39 is 14.4 Å². The van der Waals surface area contributed by atoms with Gasteiger partial charge in [-0.25, -0.2) is 0 Å². The zero-order valence-electron chi connectivity index (χ0n) is 22.3. The van der Waals surface area contributed by atoms with Crippen LogP contribution in [-0.4, -0.2) is 44.5 Å². The van der Waals surface area contributed by atoms with Gasteiger partial charge in [-0.15, -0.1) is 0 Å². The molecule has 0 aromatic heterocycles. The van der Waals surface area contributed by atoms with Crippen LogP contribution in [0.1, 0.15) is 98.3 Å². The van der Waals surface area contributed by atoms with Crippen molar-refractivity contribution in [1.82, 2.24) is 0 Å². The van der Waals surface area contributed by atoms with Gasteiger partial charge in [0, 0.05) is 24.7 Å². The first-order valence-corrected chi connectivity index (χ1v) is 16.0. The van der Waals surface area contributed by atoms with Gasteiger partial charge in [0.1, 0.15) is 5.78 Å². The Labute approximate surface area is 203 Å². The summed E-state index contributed by atoms with van der Waals surface area (Å²) in [5.74, 6) is 0.125. The number of ketones is 1. The van der Waals surface area contributed by atoms with Crippen molar-refractivity contribution < 1.29 is 23.9 Å². The van der Waals surface area contributed by atoms with Crippen LogP contribution in [0.15, 0.2) is 12.2 Å². The average molecular weight is 483 g/mol. The first kappa shape index (κ1) is 30.0. The molecule has 192 valence electrons. The molecule has 6 heteroatoms. The molecule has 0 aromatic carbocycles. The Bertz CT molecular complexity index is 622. The molecule has 4 atom stereocenters. The van der Waals surface area contributed by atoms with Crippen LogP contribution >= 0.6 is 0 Å². The molecule has 1 fully saturated rings. The van der Waals surface area contributed by atoms with E-state index in [-0.39, 0.29) is 28.9 Å². The van der Waals surface area contributed by atoms with E-state index in [2.05, 4.69) is 46.9 Å². The standard InChI is InChI=1S/C27H50O5Si/c1-8-9-12-15-21(28)18-19-23-22(16-13-10-11-14-17-26(30)31-5)24(29)20-25(23)32-33(6,7)27(2,3)4/h18-19,21-23,25,28H,8-17,20H2,1-7H3/b19-18+/t21-,22+,23+,25+/m0/s1. The van der Waals surface area contributed by atoms with E-state index >= 15 is 0 Å². The number of hydrogen-bond donors (Lipinski definition) is 1. The van der Waals surface area contributed by atoms with Crippen LogP contribution in [0.25, 0.3) is 0 Å². The largest absolute Gasteiger partial charge is 0.469 e. The maximum Gasteiger partial charge on any atom is 0.305 e. The smallest absolute Gasteiger partial charge is 0.305 e. The second kappa shape index (κ2) is 14.4. The van der Waals surface area contributed by atoms with E-state index in [1.54, 1.807) is 0 Å². The number of aliphatic hydroxyl groups excluding tert-OH is 1. The third kappa shape index (κ3) is 10.4. The molecule has 1 rings (SSSR count). The predicted molar refractivity (Wildman–Crippen MR) is 138 cm³/mol. The number of unbranched alkanes of at least 4 members (excludes halogenated alkanes) is 5. The molecule has 0 saturated heterocycles. The lowest BCUT2D eigenvalue weighted by Crippen LogP contribution is -2.45. The molecule has 1 aliphatic carbocycles. The number of esters is 1. The molecule has 0 bridgehead atoms. The van der Waals surface area contributed by atoms with Crippen molar-refractivity contribution in [3.8, 4) is 0 Å². The van der Waals surface area contributed by atoms with Gasteiger partial charge < -0.3 is 14.3 Å². The Morgan fingerprint density at radius 2 is 1.82 bits per heavy atom. The van der Waals surface area contributed by atoms with Gasteiger partial charge in [-0.2, -0.15) is 0 Å². The minimum absolute atomic E-state index is 0.0301. The summed E-state index contributed by atoms with van der Waals surface area (Å²) in [4.78, 5) is 24.3. The summed E-state index contributed by atoms with van der Waals surface area (Å²) in [5, 5.41) is 10.5. The van der Waals surface area contributed by atoms with E-state index in [0.717, 1.165) is 57.8 Å².